The van der Waals surface area contributed by atoms with Crippen LogP contribution in [0.3, 0.4) is 0 Å². The van der Waals surface area contributed by atoms with Gasteiger partial charge in [0.15, 0.2) is 41.2 Å². The van der Waals surface area contributed by atoms with Crippen molar-refractivity contribution in [1.29, 1.82) is 0 Å². The molecule has 10 N–H and O–H groups in total. The first-order chi connectivity index (χ1) is 26.2. The Morgan fingerprint density at radius 1 is 0.836 bits per heavy atom. The number of phenols is 5. The van der Waals surface area contributed by atoms with Crippen LogP contribution >= 0.6 is 0 Å². The van der Waals surface area contributed by atoms with Crippen molar-refractivity contribution in [2.24, 2.45) is 0 Å². The van der Waals surface area contributed by atoms with Crippen molar-refractivity contribution < 1.29 is 88.7 Å². The lowest BCUT2D eigenvalue weighted by Crippen LogP contribution is -2.61. The fourth-order valence-corrected chi connectivity index (χ4v) is 5.86. The van der Waals surface area contributed by atoms with Crippen molar-refractivity contribution >= 4 is 23.0 Å². The van der Waals surface area contributed by atoms with Crippen LogP contribution in [0.15, 0.2) is 63.8 Å². The molecule has 1 aromatic heterocycles. The first-order valence-electron chi connectivity index (χ1n) is 16.4. The van der Waals surface area contributed by atoms with E-state index in [1.54, 1.807) is 0 Å². The summed E-state index contributed by atoms with van der Waals surface area (Å²) in [5.41, 5.74) is -1.01. The predicted molar refractivity (Wildman–Crippen MR) is 183 cm³/mol. The zero-order valence-electron chi connectivity index (χ0n) is 28.5. The van der Waals surface area contributed by atoms with Crippen LogP contribution in [0.2, 0.25) is 0 Å². The number of methoxy groups -OCH3 is 1. The normalized spacial score (nSPS) is 26.9. The van der Waals surface area contributed by atoms with E-state index in [2.05, 4.69) is 0 Å². The summed E-state index contributed by atoms with van der Waals surface area (Å²) in [5, 5.41) is 103. The highest BCUT2D eigenvalue weighted by atomic mass is 16.7. The molecule has 55 heavy (non-hydrogen) atoms. The number of hydrogen-bond donors (Lipinski definition) is 10. The fourth-order valence-electron chi connectivity index (χ4n) is 5.86. The van der Waals surface area contributed by atoms with Gasteiger partial charge < -0.3 is 83.9 Å². The van der Waals surface area contributed by atoms with Gasteiger partial charge >= 0.3 is 5.97 Å². The van der Waals surface area contributed by atoms with Gasteiger partial charge in [-0.15, -0.1) is 0 Å². The number of hydrogen-bond acceptors (Lipinski definition) is 19. The minimum Gasteiger partial charge on any atom is -0.508 e. The molecule has 0 radical (unpaired) electrons. The maximum atomic E-state index is 13.8. The van der Waals surface area contributed by atoms with E-state index < -0.39 is 120 Å². The van der Waals surface area contributed by atoms with Crippen LogP contribution in [0.1, 0.15) is 5.56 Å². The molecule has 6 rings (SSSR count). The van der Waals surface area contributed by atoms with Gasteiger partial charge in [0, 0.05) is 23.8 Å². The summed E-state index contributed by atoms with van der Waals surface area (Å²) in [6.07, 6.45) is -13.6. The number of aliphatic hydroxyl groups is 5. The Kier molecular flexibility index (Phi) is 11.4. The molecule has 0 aliphatic carbocycles. The molecule has 9 unspecified atom stereocenters. The predicted octanol–water partition coefficient (Wildman–Crippen LogP) is -0.0971. The van der Waals surface area contributed by atoms with Crippen molar-refractivity contribution in [3.63, 3.8) is 0 Å². The number of aromatic hydroxyl groups is 5. The number of fused-ring (bicyclic) bond motifs is 1. The molecule has 2 aliphatic rings. The van der Waals surface area contributed by atoms with Crippen molar-refractivity contribution in [3.8, 4) is 51.6 Å². The molecular weight excluding hydrogens is 736 g/mol. The molecule has 0 saturated carbocycles. The maximum absolute atomic E-state index is 13.8. The standard InChI is InChI=1S/C36H36O19/c1-49-22-8-14(2-5-18(22)39)3-7-25(43)54-34-27(44)21(42)12-50-36(34)51-13-24-28(45)30(47)31(48)35(53-24)55-33-29(46)26-20(41)10-16(37)11-23(26)52-32(33)15-4-6-17(38)19(40)9-15/h2-11,21,24,27-28,30-31,34-42,44-45,47-48H,12-13H2,1H3. The minimum atomic E-state index is -2.03. The zero-order chi connectivity index (χ0) is 39.7. The number of carbonyl (C=O) groups is 1. The Balaban J connectivity index is 1.22. The van der Waals surface area contributed by atoms with Gasteiger partial charge in [-0.25, -0.2) is 4.79 Å². The van der Waals surface area contributed by atoms with Crippen LogP contribution in [0.4, 0.5) is 0 Å². The third kappa shape index (κ3) is 8.09. The molecule has 294 valence electrons. The van der Waals surface area contributed by atoms with Gasteiger partial charge in [0.05, 0.1) is 20.3 Å². The lowest BCUT2D eigenvalue weighted by atomic mass is 9.99. The third-order valence-corrected chi connectivity index (χ3v) is 8.78. The second-order valence-electron chi connectivity index (χ2n) is 12.5. The van der Waals surface area contributed by atoms with Gasteiger partial charge in [0.25, 0.3) is 0 Å². The Labute approximate surface area is 309 Å². The molecule has 3 aromatic carbocycles. The van der Waals surface area contributed by atoms with Crippen molar-refractivity contribution in [3.05, 3.63) is 70.4 Å². The highest BCUT2D eigenvalue weighted by Crippen LogP contribution is 2.39. The first-order valence-corrected chi connectivity index (χ1v) is 16.4. The van der Waals surface area contributed by atoms with Crippen molar-refractivity contribution in [2.75, 3.05) is 20.3 Å². The summed E-state index contributed by atoms with van der Waals surface area (Å²) in [6.45, 7) is -1.16. The van der Waals surface area contributed by atoms with E-state index in [0.29, 0.717) is 5.56 Å². The fraction of sp³-hybridized carbons (Fsp3) is 0.333. The SMILES string of the molecule is COc1cc(C=CC(=O)OC2C(OCC3OC(Oc4c(-c5ccc(O)c(O)c5)oc5cc(O)cc(O)c5c4=O)C(O)C(O)C3O)OCC(O)C2O)ccc1O. The van der Waals surface area contributed by atoms with E-state index in [9.17, 15) is 60.7 Å². The van der Waals surface area contributed by atoms with Crippen molar-refractivity contribution in [2.45, 2.75) is 55.3 Å². The molecule has 0 amide bonds. The van der Waals surface area contributed by atoms with E-state index >= 15 is 0 Å². The summed E-state index contributed by atoms with van der Waals surface area (Å²) in [6, 6.07) is 9.41. The van der Waals surface area contributed by atoms with E-state index in [0.717, 1.165) is 30.3 Å². The number of ether oxygens (including phenoxy) is 6. The summed E-state index contributed by atoms with van der Waals surface area (Å²) in [4.78, 5) is 26.5. The average molecular weight is 773 g/mol. The molecule has 19 heteroatoms. The first kappa shape index (κ1) is 39.1. The second kappa shape index (κ2) is 16.0. The number of esters is 1. The number of benzene rings is 3. The largest absolute Gasteiger partial charge is 0.508 e. The smallest absolute Gasteiger partial charge is 0.331 e. The van der Waals surface area contributed by atoms with Gasteiger partial charge in [0.2, 0.25) is 17.5 Å². The summed E-state index contributed by atoms with van der Waals surface area (Å²) in [7, 11) is 1.34. The molecule has 2 aliphatic heterocycles. The molecule has 2 saturated heterocycles. The molecule has 2 fully saturated rings. The van der Waals surface area contributed by atoms with Crippen LogP contribution < -0.4 is 14.9 Å². The van der Waals surface area contributed by atoms with Gasteiger partial charge in [-0.2, -0.15) is 0 Å². The average Bonchev–Trinajstić information content (AvgIpc) is 3.15. The van der Waals surface area contributed by atoms with Crippen LogP contribution in [0, 0.1) is 0 Å². The summed E-state index contributed by atoms with van der Waals surface area (Å²) in [5.74, 6) is -4.51. The van der Waals surface area contributed by atoms with Gasteiger partial charge in [-0.1, -0.05) is 6.07 Å². The molecule has 4 aromatic rings. The molecule has 0 spiro atoms. The third-order valence-electron chi connectivity index (χ3n) is 8.78. The molecule has 3 heterocycles. The molecular formula is C36H36O19. The highest BCUT2D eigenvalue weighted by Gasteiger charge is 2.48. The number of phenolic OH excluding ortho intramolecular Hbond substituents is 5. The second-order valence-corrected chi connectivity index (χ2v) is 12.5. The van der Waals surface area contributed by atoms with Crippen LogP contribution in [0.5, 0.6) is 40.2 Å². The van der Waals surface area contributed by atoms with E-state index in [4.69, 9.17) is 32.8 Å². The summed E-state index contributed by atoms with van der Waals surface area (Å²) >= 11 is 0. The van der Waals surface area contributed by atoms with E-state index in [-0.39, 0.29) is 22.6 Å². The van der Waals surface area contributed by atoms with Gasteiger partial charge in [-0.05, 0) is 42.0 Å². The Morgan fingerprint density at radius 2 is 1.58 bits per heavy atom. The lowest BCUT2D eigenvalue weighted by molar-refractivity contribution is -0.308. The molecule has 0 bridgehead atoms. The minimum absolute atomic E-state index is 0.0636. The van der Waals surface area contributed by atoms with E-state index in [1.165, 1.54) is 37.5 Å². The summed E-state index contributed by atoms with van der Waals surface area (Å²) < 4.78 is 38.7. The lowest BCUT2D eigenvalue weighted by Gasteiger charge is -2.41. The molecule has 9 atom stereocenters. The van der Waals surface area contributed by atoms with E-state index in [1.807, 2.05) is 0 Å². The number of rotatable bonds is 10. The highest BCUT2D eigenvalue weighted by molar-refractivity contribution is 5.89. The van der Waals surface area contributed by atoms with Crippen LogP contribution in [-0.4, -0.2) is 133 Å². The monoisotopic (exact) mass is 772 g/mol. The maximum Gasteiger partial charge on any atom is 0.331 e. The Bertz CT molecular complexity index is 2130. The van der Waals surface area contributed by atoms with Gasteiger partial charge in [-0.3, -0.25) is 4.79 Å². The quantitative estimate of drug-likeness (QED) is 0.0572. The topological polar surface area (TPSA) is 305 Å². The Hall–Kier alpha value is -5.64. The number of aliphatic hydroxyl groups excluding tert-OH is 5. The van der Waals surface area contributed by atoms with Crippen molar-refractivity contribution in [1.82, 2.24) is 0 Å². The number of carbonyl (C=O) groups excluding carboxylic acids is 1. The van der Waals surface area contributed by atoms with Crippen LogP contribution in [-0.2, 0) is 23.7 Å². The molecule has 19 nitrogen and oxygen atoms in total. The Morgan fingerprint density at radius 3 is 2.31 bits per heavy atom. The van der Waals surface area contributed by atoms with Gasteiger partial charge in [0.1, 0.15) is 59.1 Å². The zero-order valence-corrected chi connectivity index (χ0v) is 28.5. The van der Waals surface area contributed by atoms with Crippen LogP contribution in [0.25, 0.3) is 28.4 Å².